The van der Waals surface area contributed by atoms with Crippen LogP contribution in [0, 0.1) is 16.0 Å². The average molecular weight is 346 g/mol. The number of nitrogens with zero attached hydrogens (tertiary/aromatic N) is 1. The summed E-state index contributed by atoms with van der Waals surface area (Å²) >= 11 is 0. The molecule has 128 valence electrons. The van der Waals surface area contributed by atoms with Gasteiger partial charge in [-0.05, 0) is 24.5 Å². The maximum atomic E-state index is 12.3. The van der Waals surface area contributed by atoms with Crippen LogP contribution in [0.1, 0.15) is 20.3 Å². The van der Waals surface area contributed by atoms with E-state index in [0.717, 1.165) is 12.1 Å². The minimum absolute atomic E-state index is 0.0541. The Morgan fingerprint density at radius 3 is 2.48 bits per heavy atom. The number of benzene rings is 1. The highest BCUT2D eigenvalue weighted by atomic mass is 32.2. The van der Waals surface area contributed by atoms with Gasteiger partial charge < -0.3 is 9.84 Å². The van der Waals surface area contributed by atoms with Crippen molar-refractivity contribution in [3.63, 3.8) is 0 Å². The summed E-state index contributed by atoms with van der Waals surface area (Å²) in [5.41, 5.74) is -0.689. The molecule has 0 aliphatic carbocycles. The molecule has 0 aromatic heterocycles. The Hall–Kier alpha value is -2.20. The Balaban J connectivity index is 3.27. The Morgan fingerprint density at radius 1 is 1.43 bits per heavy atom. The maximum Gasteiger partial charge on any atom is 0.321 e. The van der Waals surface area contributed by atoms with Gasteiger partial charge in [0.2, 0.25) is 10.0 Å². The van der Waals surface area contributed by atoms with Gasteiger partial charge in [0.1, 0.15) is 11.8 Å². The zero-order valence-corrected chi connectivity index (χ0v) is 13.7. The molecular weight excluding hydrogens is 328 g/mol. The van der Waals surface area contributed by atoms with E-state index in [4.69, 9.17) is 9.84 Å². The number of ether oxygens (including phenoxy) is 1. The lowest BCUT2D eigenvalue weighted by Crippen LogP contribution is -2.41. The van der Waals surface area contributed by atoms with Crippen LogP contribution in [0.3, 0.4) is 0 Å². The van der Waals surface area contributed by atoms with E-state index in [-0.39, 0.29) is 18.1 Å². The van der Waals surface area contributed by atoms with Crippen molar-refractivity contribution < 1.29 is 28.0 Å². The van der Waals surface area contributed by atoms with Crippen LogP contribution in [0.25, 0.3) is 0 Å². The van der Waals surface area contributed by atoms with Crippen molar-refractivity contribution in [1.29, 1.82) is 0 Å². The van der Waals surface area contributed by atoms with Crippen LogP contribution in [0.4, 0.5) is 5.69 Å². The second-order valence-electron chi connectivity index (χ2n) is 5.23. The summed E-state index contributed by atoms with van der Waals surface area (Å²) in [6, 6.07) is 1.85. The first kappa shape index (κ1) is 18.8. The van der Waals surface area contributed by atoms with Crippen molar-refractivity contribution in [3.8, 4) is 5.75 Å². The van der Waals surface area contributed by atoms with Gasteiger partial charge in [-0.25, -0.2) is 8.42 Å². The molecule has 0 spiro atoms. The van der Waals surface area contributed by atoms with Crippen molar-refractivity contribution in [2.45, 2.75) is 31.2 Å². The van der Waals surface area contributed by atoms with E-state index in [1.807, 2.05) is 4.72 Å². The van der Waals surface area contributed by atoms with Crippen LogP contribution in [0.5, 0.6) is 5.75 Å². The van der Waals surface area contributed by atoms with Crippen LogP contribution >= 0.6 is 0 Å². The van der Waals surface area contributed by atoms with Crippen LogP contribution < -0.4 is 9.46 Å². The molecule has 1 aromatic carbocycles. The summed E-state index contributed by atoms with van der Waals surface area (Å²) in [4.78, 5) is 20.8. The number of methoxy groups -OCH3 is 1. The topological polar surface area (TPSA) is 136 Å². The van der Waals surface area contributed by atoms with E-state index in [1.54, 1.807) is 13.8 Å². The molecule has 0 fully saturated rings. The van der Waals surface area contributed by atoms with Crippen molar-refractivity contribution >= 4 is 21.7 Å². The summed E-state index contributed by atoms with van der Waals surface area (Å²) in [5, 5.41) is 20.2. The van der Waals surface area contributed by atoms with Crippen molar-refractivity contribution in [1.82, 2.24) is 4.72 Å². The van der Waals surface area contributed by atoms with Crippen molar-refractivity contribution in [2.24, 2.45) is 5.92 Å². The Labute approximate surface area is 133 Å². The fourth-order valence-corrected chi connectivity index (χ4v) is 3.27. The first-order valence-corrected chi connectivity index (χ1v) is 8.14. The predicted molar refractivity (Wildman–Crippen MR) is 80.8 cm³/mol. The largest absolute Gasteiger partial charge is 0.497 e. The maximum absolute atomic E-state index is 12.3. The summed E-state index contributed by atoms with van der Waals surface area (Å²) in [5.74, 6) is -1.31. The SMILES string of the molecule is COc1ccc(S(=O)(=O)N[C@@H](CC(C)C)C(=O)O)c([N+](=O)[O-])c1. The minimum atomic E-state index is -4.38. The molecule has 0 radical (unpaired) electrons. The number of rotatable bonds is 8. The highest BCUT2D eigenvalue weighted by molar-refractivity contribution is 7.89. The van der Waals surface area contributed by atoms with Crippen LogP contribution in [0.15, 0.2) is 23.1 Å². The summed E-state index contributed by atoms with van der Waals surface area (Å²) < 4.78 is 31.5. The first-order valence-electron chi connectivity index (χ1n) is 6.66. The molecule has 0 saturated carbocycles. The number of hydrogen-bond donors (Lipinski definition) is 2. The van der Waals surface area contributed by atoms with E-state index >= 15 is 0 Å². The first-order chi connectivity index (χ1) is 10.6. The number of nitro benzene ring substituents is 1. The molecule has 0 bridgehead atoms. The second-order valence-corrected chi connectivity index (χ2v) is 6.91. The number of sulfonamides is 1. The number of carboxylic acid groups (broad SMARTS) is 1. The monoisotopic (exact) mass is 346 g/mol. The summed E-state index contributed by atoms with van der Waals surface area (Å²) in [7, 11) is -3.09. The van der Waals surface area contributed by atoms with Gasteiger partial charge >= 0.3 is 5.97 Å². The van der Waals surface area contributed by atoms with Crippen molar-refractivity contribution in [3.05, 3.63) is 28.3 Å². The zero-order chi connectivity index (χ0) is 17.8. The number of carbonyl (C=O) groups is 1. The fraction of sp³-hybridized carbons (Fsp3) is 0.462. The summed E-state index contributed by atoms with van der Waals surface area (Å²) in [6.45, 7) is 3.47. The van der Waals surface area contributed by atoms with Crippen LogP contribution in [-0.4, -0.2) is 37.6 Å². The van der Waals surface area contributed by atoms with E-state index in [2.05, 4.69) is 0 Å². The molecule has 2 N–H and O–H groups in total. The van der Waals surface area contributed by atoms with Gasteiger partial charge in [0.25, 0.3) is 5.69 Å². The lowest BCUT2D eigenvalue weighted by atomic mass is 10.1. The van der Waals surface area contributed by atoms with Gasteiger partial charge in [-0.15, -0.1) is 0 Å². The molecular formula is C13H18N2O7S. The van der Waals surface area contributed by atoms with E-state index in [0.29, 0.717) is 0 Å². The lowest BCUT2D eigenvalue weighted by molar-refractivity contribution is -0.387. The Bertz CT molecular complexity index is 700. The third-order valence-electron chi connectivity index (χ3n) is 2.95. The normalized spacial score (nSPS) is 12.9. The molecule has 1 atom stereocenters. The fourth-order valence-electron chi connectivity index (χ4n) is 1.92. The molecule has 23 heavy (non-hydrogen) atoms. The number of nitrogens with one attached hydrogen (secondary N) is 1. The Morgan fingerprint density at radius 2 is 2.04 bits per heavy atom. The molecule has 0 unspecified atom stereocenters. The van der Waals surface area contributed by atoms with Gasteiger partial charge in [-0.3, -0.25) is 14.9 Å². The van der Waals surface area contributed by atoms with Gasteiger partial charge in [0, 0.05) is 0 Å². The van der Waals surface area contributed by atoms with E-state index < -0.39 is 37.5 Å². The smallest absolute Gasteiger partial charge is 0.321 e. The van der Waals surface area contributed by atoms with E-state index in [1.165, 1.54) is 13.2 Å². The number of nitro groups is 1. The molecule has 0 aliphatic heterocycles. The quantitative estimate of drug-likeness (QED) is 0.536. The molecule has 10 heteroatoms. The van der Waals surface area contributed by atoms with Gasteiger partial charge in [-0.1, -0.05) is 13.8 Å². The molecule has 0 amide bonds. The molecule has 0 aliphatic rings. The standard InChI is InChI=1S/C13H18N2O7S/c1-8(2)6-10(13(16)17)14-23(20,21)12-5-4-9(22-3)7-11(12)15(18)19/h4-5,7-8,10,14H,6H2,1-3H3,(H,16,17)/t10-/m0/s1. The average Bonchev–Trinajstić information content (AvgIpc) is 2.44. The minimum Gasteiger partial charge on any atom is -0.497 e. The van der Waals surface area contributed by atoms with E-state index in [9.17, 15) is 23.3 Å². The number of hydrogen-bond acceptors (Lipinski definition) is 6. The van der Waals surface area contributed by atoms with Gasteiger partial charge in [-0.2, -0.15) is 4.72 Å². The molecule has 0 heterocycles. The van der Waals surface area contributed by atoms with Crippen LogP contribution in [0.2, 0.25) is 0 Å². The molecule has 1 rings (SSSR count). The van der Waals surface area contributed by atoms with Crippen LogP contribution in [-0.2, 0) is 14.8 Å². The Kier molecular flexibility index (Phi) is 6.05. The second kappa shape index (κ2) is 7.38. The van der Waals surface area contributed by atoms with Gasteiger partial charge in [0.05, 0.1) is 18.1 Å². The molecule has 9 nitrogen and oxygen atoms in total. The summed E-state index contributed by atoms with van der Waals surface area (Å²) in [6.07, 6.45) is 0.0541. The van der Waals surface area contributed by atoms with Crippen molar-refractivity contribution in [2.75, 3.05) is 7.11 Å². The lowest BCUT2D eigenvalue weighted by Gasteiger charge is -2.16. The number of aliphatic carboxylic acids is 1. The predicted octanol–water partition coefficient (Wildman–Crippen LogP) is 1.38. The highest BCUT2D eigenvalue weighted by Gasteiger charge is 2.31. The zero-order valence-electron chi connectivity index (χ0n) is 12.8. The molecule has 0 saturated heterocycles. The van der Waals surface area contributed by atoms with Gasteiger partial charge in [0.15, 0.2) is 4.90 Å². The highest BCUT2D eigenvalue weighted by Crippen LogP contribution is 2.28. The number of carboxylic acids is 1. The third kappa shape index (κ3) is 4.89. The third-order valence-corrected chi connectivity index (χ3v) is 4.47. The molecule has 1 aromatic rings.